The van der Waals surface area contributed by atoms with Crippen LogP contribution >= 0.6 is 0 Å². The summed E-state index contributed by atoms with van der Waals surface area (Å²) in [7, 11) is 0. The average molecular weight is 317 g/mol. The molecule has 4 heteroatoms. The van der Waals surface area contributed by atoms with Gasteiger partial charge in [0, 0.05) is 25.4 Å². The van der Waals surface area contributed by atoms with Crippen LogP contribution in [0.25, 0.3) is 0 Å². The number of carbonyl (C=O) groups is 2. The Bertz CT molecular complexity index is 601. The van der Waals surface area contributed by atoms with E-state index in [0.717, 1.165) is 5.56 Å². The van der Waals surface area contributed by atoms with E-state index in [4.69, 9.17) is 4.74 Å². The molecule has 126 valence electrons. The molecule has 1 aliphatic heterocycles. The number of amides is 1. The van der Waals surface area contributed by atoms with E-state index < -0.39 is 5.60 Å². The van der Waals surface area contributed by atoms with Crippen molar-refractivity contribution in [1.82, 2.24) is 4.90 Å². The van der Waals surface area contributed by atoms with Gasteiger partial charge in [-0.25, -0.2) is 4.79 Å². The lowest BCUT2D eigenvalue weighted by Crippen LogP contribution is -2.46. The third kappa shape index (κ3) is 4.81. The Morgan fingerprint density at radius 1 is 1.26 bits per heavy atom. The first kappa shape index (κ1) is 17.5. The topological polar surface area (TPSA) is 46.6 Å². The highest BCUT2D eigenvalue weighted by Crippen LogP contribution is 2.21. The van der Waals surface area contributed by atoms with Crippen molar-refractivity contribution >= 4 is 11.9 Å². The highest BCUT2D eigenvalue weighted by atomic mass is 16.6. The number of benzene rings is 1. The molecule has 0 saturated carbocycles. The van der Waals surface area contributed by atoms with Crippen LogP contribution in [0.2, 0.25) is 0 Å². The fourth-order valence-corrected chi connectivity index (χ4v) is 2.79. The molecule has 1 atom stereocenters. The maximum Gasteiger partial charge on any atom is 0.410 e. The number of hydrogen-bond acceptors (Lipinski definition) is 3. The summed E-state index contributed by atoms with van der Waals surface area (Å²) in [6.07, 6.45) is 0.767. The third-order valence-electron chi connectivity index (χ3n) is 4.23. The Morgan fingerprint density at radius 2 is 1.96 bits per heavy atom. The first-order valence-electron chi connectivity index (χ1n) is 8.22. The second kappa shape index (κ2) is 6.73. The second-order valence-corrected chi connectivity index (χ2v) is 7.46. The Labute approximate surface area is 138 Å². The molecule has 23 heavy (non-hydrogen) atoms. The van der Waals surface area contributed by atoms with Crippen molar-refractivity contribution in [2.45, 2.75) is 53.1 Å². The van der Waals surface area contributed by atoms with Crippen LogP contribution in [0.3, 0.4) is 0 Å². The minimum absolute atomic E-state index is 0.140. The highest BCUT2D eigenvalue weighted by molar-refractivity contribution is 5.84. The van der Waals surface area contributed by atoms with E-state index in [9.17, 15) is 9.59 Å². The largest absolute Gasteiger partial charge is 0.444 e. The van der Waals surface area contributed by atoms with Crippen LogP contribution in [0, 0.1) is 19.8 Å². The number of aryl methyl sites for hydroxylation is 2. The van der Waals surface area contributed by atoms with E-state index in [1.165, 1.54) is 11.1 Å². The Morgan fingerprint density at radius 3 is 2.57 bits per heavy atom. The lowest BCUT2D eigenvalue weighted by Gasteiger charge is -2.33. The van der Waals surface area contributed by atoms with Gasteiger partial charge in [0.15, 0.2) is 0 Å². The average Bonchev–Trinajstić information content (AvgIpc) is 2.43. The number of Topliss-reactive ketones (excluding diaryl/α,β-unsaturated/α-hetero) is 1. The van der Waals surface area contributed by atoms with Crippen molar-refractivity contribution in [2.24, 2.45) is 5.92 Å². The molecule has 1 aromatic carbocycles. The van der Waals surface area contributed by atoms with E-state index in [2.05, 4.69) is 32.0 Å². The van der Waals surface area contributed by atoms with Gasteiger partial charge in [-0.1, -0.05) is 18.2 Å². The van der Waals surface area contributed by atoms with Gasteiger partial charge in [-0.15, -0.1) is 0 Å². The quantitative estimate of drug-likeness (QED) is 0.836. The molecule has 0 N–H and O–H groups in total. The number of carbonyl (C=O) groups excluding carboxylic acids is 2. The highest BCUT2D eigenvalue weighted by Gasteiger charge is 2.32. The van der Waals surface area contributed by atoms with Crippen LogP contribution in [0.4, 0.5) is 4.79 Å². The maximum absolute atomic E-state index is 12.2. The molecule has 0 spiro atoms. The lowest BCUT2D eigenvalue weighted by atomic mass is 9.89. The normalized spacial score (nSPS) is 18.9. The predicted molar refractivity (Wildman–Crippen MR) is 90.5 cm³/mol. The van der Waals surface area contributed by atoms with Crippen LogP contribution in [0.15, 0.2) is 18.2 Å². The molecule has 0 bridgehead atoms. The molecule has 1 aliphatic rings. The third-order valence-corrected chi connectivity index (χ3v) is 4.23. The molecule has 0 aromatic heterocycles. The number of hydrogen-bond donors (Lipinski definition) is 0. The summed E-state index contributed by atoms with van der Waals surface area (Å²) in [5, 5.41) is 0. The van der Waals surface area contributed by atoms with E-state index in [0.29, 0.717) is 25.9 Å². The molecule has 1 unspecified atom stereocenters. The standard InChI is InChI=1S/C19H27NO3/c1-13-6-7-15(10-14(13)2)11-16-12-20(9-8-17(16)21)18(22)23-19(3,4)5/h6-7,10,16H,8-9,11-12H2,1-5H3. The van der Waals surface area contributed by atoms with Gasteiger partial charge in [-0.3, -0.25) is 4.79 Å². The zero-order valence-corrected chi connectivity index (χ0v) is 14.8. The Kier molecular flexibility index (Phi) is 5.12. The zero-order chi connectivity index (χ0) is 17.2. The molecule has 0 aliphatic carbocycles. The molecule has 1 heterocycles. The Balaban J connectivity index is 2.04. The van der Waals surface area contributed by atoms with Crippen molar-refractivity contribution in [3.63, 3.8) is 0 Å². The summed E-state index contributed by atoms with van der Waals surface area (Å²) in [5.74, 6) is 0.0985. The van der Waals surface area contributed by atoms with Gasteiger partial charge in [0.1, 0.15) is 11.4 Å². The molecular weight excluding hydrogens is 290 g/mol. The number of nitrogens with zero attached hydrogens (tertiary/aromatic N) is 1. The van der Waals surface area contributed by atoms with Crippen LogP contribution in [-0.2, 0) is 16.0 Å². The van der Waals surface area contributed by atoms with Crippen LogP contribution in [0.5, 0.6) is 0 Å². The van der Waals surface area contributed by atoms with Gasteiger partial charge in [0.05, 0.1) is 0 Å². The van der Waals surface area contributed by atoms with Gasteiger partial charge in [-0.2, -0.15) is 0 Å². The van der Waals surface area contributed by atoms with E-state index in [-0.39, 0.29) is 17.8 Å². The van der Waals surface area contributed by atoms with Gasteiger partial charge < -0.3 is 9.64 Å². The molecule has 2 rings (SSSR count). The van der Waals surface area contributed by atoms with Crippen molar-refractivity contribution in [3.8, 4) is 0 Å². The zero-order valence-electron chi connectivity index (χ0n) is 14.8. The maximum atomic E-state index is 12.2. The second-order valence-electron chi connectivity index (χ2n) is 7.46. The van der Waals surface area contributed by atoms with Gasteiger partial charge >= 0.3 is 6.09 Å². The number of likely N-dealkylation sites (tertiary alicyclic amines) is 1. The van der Waals surface area contributed by atoms with E-state index in [1.807, 2.05) is 20.8 Å². The van der Waals surface area contributed by atoms with E-state index >= 15 is 0 Å². The molecule has 0 radical (unpaired) electrons. The summed E-state index contributed by atoms with van der Waals surface area (Å²) in [5.41, 5.74) is 3.12. The van der Waals surface area contributed by atoms with Gasteiger partial charge in [-0.05, 0) is 57.7 Å². The van der Waals surface area contributed by atoms with Crippen molar-refractivity contribution < 1.29 is 14.3 Å². The molecule has 1 fully saturated rings. The van der Waals surface area contributed by atoms with Crippen molar-refractivity contribution in [3.05, 3.63) is 34.9 Å². The fourth-order valence-electron chi connectivity index (χ4n) is 2.79. The van der Waals surface area contributed by atoms with Crippen LogP contribution in [0.1, 0.15) is 43.9 Å². The first-order valence-corrected chi connectivity index (χ1v) is 8.22. The van der Waals surface area contributed by atoms with Gasteiger partial charge in [0.2, 0.25) is 0 Å². The van der Waals surface area contributed by atoms with Crippen LogP contribution < -0.4 is 0 Å². The summed E-state index contributed by atoms with van der Waals surface area (Å²) < 4.78 is 5.42. The molecule has 4 nitrogen and oxygen atoms in total. The number of ether oxygens (including phenoxy) is 1. The number of piperidine rings is 1. The SMILES string of the molecule is Cc1ccc(CC2CN(C(=O)OC(C)(C)C)CCC2=O)cc1C. The molecule has 1 saturated heterocycles. The van der Waals surface area contributed by atoms with Crippen LogP contribution in [-0.4, -0.2) is 35.5 Å². The Hall–Kier alpha value is -1.84. The smallest absolute Gasteiger partial charge is 0.410 e. The summed E-state index contributed by atoms with van der Waals surface area (Å²) in [6.45, 7) is 10.6. The predicted octanol–water partition coefficient (Wildman–Crippen LogP) is 3.67. The molecule has 1 amide bonds. The van der Waals surface area contributed by atoms with Gasteiger partial charge in [0.25, 0.3) is 0 Å². The van der Waals surface area contributed by atoms with E-state index in [1.54, 1.807) is 4.90 Å². The monoisotopic (exact) mass is 317 g/mol. The van der Waals surface area contributed by atoms with Crippen molar-refractivity contribution in [2.75, 3.05) is 13.1 Å². The summed E-state index contributed by atoms with van der Waals surface area (Å²) in [6, 6.07) is 6.29. The minimum Gasteiger partial charge on any atom is -0.444 e. The van der Waals surface area contributed by atoms with Crippen molar-refractivity contribution in [1.29, 1.82) is 0 Å². The molecule has 1 aromatic rings. The summed E-state index contributed by atoms with van der Waals surface area (Å²) in [4.78, 5) is 26.1. The summed E-state index contributed by atoms with van der Waals surface area (Å²) >= 11 is 0. The number of ketones is 1. The fraction of sp³-hybridized carbons (Fsp3) is 0.579. The first-order chi connectivity index (χ1) is 10.7. The number of rotatable bonds is 2. The lowest BCUT2D eigenvalue weighted by molar-refractivity contribution is -0.125. The minimum atomic E-state index is -0.512. The molecular formula is C19H27NO3.